The second-order valence-electron chi connectivity index (χ2n) is 4.78. The lowest BCUT2D eigenvalue weighted by Gasteiger charge is -2.10. The van der Waals surface area contributed by atoms with Gasteiger partial charge in [-0.25, -0.2) is 0 Å². The zero-order valence-corrected chi connectivity index (χ0v) is 12.1. The molecule has 0 spiro atoms. The quantitative estimate of drug-likeness (QED) is 0.869. The van der Waals surface area contributed by atoms with Crippen molar-refractivity contribution in [1.29, 1.82) is 0 Å². The van der Waals surface area contributed by atoms with Crippen molar-refractivity contribution >= 4 is 22.7 Å². The van der Waals surface area contributed by atoms with Gasteiger partial charge in [0, 0.05) is 19.0 Å². The molecule has 98 valence electrons. The Morgan fingerprint density at radius 2 is 2.17 bits per heavy atom. The summed E-state index contributed by atoms with van der Waals surface area (Å²) in [5.74, 6) is 1.91. The molecule has 2 aromatic rings. The molecule has 0 radical (unpaired) electrons. The molecule has 0 fully saturated rings. The Morgan fingerprint density at radius 3 is 2.94 bits per heavy atom. The lowest BCUT2D eigenvalue weighted by Crippen LogP contribution is -2.22. The van der Waals surface area contributed by atoms with Crippen LogP contribution in [0.4, 0.5) is 0 Å². The summed E-state index contributed by atoms with van der Waals surface area (Å²) in [6, 6.07) is 8.39. The van der Waals surface area contributed by atoms with E-state index in [1.54, 1.807) is 0 Å². The van der Waals surface area contributed by atoms with Crippen molar-refractivity contribution in [1.82, 2.24) is 15.1 Å². The van der Waals surface area contributed by atoms with Crippen molar-refractivity contribution < 1.29 is 0 Å². The molecule has 1 N–H and O–H groups in total. The average molecular weight is 263 g/mol. The van der Waals surface area contributed by atoms with Gasteiger partial charge in [-0.15, -0.1) is 0 Å². The highest BCUT2D eigenvalue weighted by molar-refractivity contribution is 7.98. The lowest BCUT2D eigenvalue weighted by atomic mass is 10.2. The predicted octanol–water partition coefficient (Wildman–Crippen LogP) is 2.66. The molecule has 0 amide bonds. The Morgan fingerprint density at radius 1 is 1.39 bits per heavy atom. The number of thioether (sulfide) groups is 1. The van der Waals surface area contributed by atoms with E-state index >= 15 is 0 Å². The van der Waals surface area contributed by atoms with Crippen LogP contribution in [0.5, 0.6) is 0 Å². The Hall–Kier alpha value is -1.00. The smallest absolute Gasteiger partial charge is 0.0841 e. The van der Waals surface area contributed by atoms with E-state index < -0.39 is 0 Å². The molecule has 1 aromatic carbocycles. The fraction of sp³-hybridized carbons (Fsp3) is 0.500. The van der Waals surface area contributed by atoms with Crippen LogP contribution < -0.4 is 5.32 Å². The van der Waals surface area contributed by atoms with Crippen molar-refractivity contribution in [3.8, 4) is 0 Å². The SMILES string of the molecule is CSCC(C)CNCc1nn(C)c2ccccc12. The first-order valence-electron chi connectivity index (χ1n) is 6.32. The van der Waals surface area contributed by atoms with E-state index in [-0.39, 0.29) is 0 Å². The van der Waals surface area contributed by atoms with Gasteiger partial charge in [-0.1, -0.05) is 25.1 Å². The summed E-state index contributed by atoms with van der Waals surface area (Å²) in [6.07, 6.45) is 2.16. The second kappa shape index (κ2) is 6.25. The van der Waals surface area contributed by atoms with Crippen molar-refractivity contribution in [2.75, 3.05) is 18.6 Å². The van der Waals surface area contributed by atoms with E-state index in [9.17, 15) is 0 Å². The van der Waals surface area contributed by atoms with Gasteiger partial charge in [0.15, 0.2) is 0 Å². The highest BCUT2D eigenvalue weighted by Crippen LogP contribution is 2.17. The summed E-state index contributed by atoms with van der Waals surface area (Å²) in [5.41, 5.74) is 2.34. The summed E-state index contributed by atoms with van der Waals surface area (Å²) < 4.78 is 1.96. The largest absolute Gasteiger partial charge is 0.311 e. The Balaban J connectivity index is 2.00. The molecule has 0 saturated carbocycles. The third-order valence-electron chi connectivity index (χ3n) is 3.07. The topological polar surface area (TPSA) is 29.9 Å². The Bertz CT molecular complexity index is 507. The molecule has 3 nitrogen and oxygen atoms in total. The molecule has 1 atom stereocenters. The van der Waals surface area contributed by atoms with Gasteiger partial charge in [0.25, 0.3) is 0 Å². The maximum atomic E-state index is 4.58. The van der Waals surface area contributed by atoms with Crippen LogP contribution in [0.3, 0.4) is 0 Å². The molecule has 1 aromatic heterocycles. The minimum Gasteiger partial charge on any atom is -0.311 e. The molecule has 0 aliphatic carbocycles. The van der Waals surface area contributed by atoms with Crippen molar-refractivity contribution in [2.45, 2.75) is 13.5 Å². The number of nitrogens with zero attached hydrogens (tertiary/aromatic N) is 2. The monoisotopic (exact) mass is 263 g/mol. The van der Waals surface area contributed by atoms with E-state index in [2.05, 4.69) is 47.9 Å². The van der Waals surface area contributed by atoms with E-state index in [4.69, 9.17) is 0 Å². The molecule has 2 rings (SSSR count). The van der Waals surface area contributed by atoms with Gasteiger partial charge in [0.1, 0.15) is 0 Å². The highest BCUT2D eigenvalue weighted by Gasteiger charge is 2.07. The highest BCUT2D eigenvalue weighted by atomic mass is 32.2. The summed E-state index contributed by atoms with van der Waals surface area (Å²) in [4.78, 5) is 0. The van der Waals surface area contributed by atoms with Gasteiger partial charge in [-0.05, 0) is 30.5 Å². The van der Waals surface area contributed by atoms with E-state index in [1.807, 2.05) is 23.5 Å². The zero-order valence-electron chi connectivity index (χ0n) is 11.3. The van der Waals surface area contributed by atoms with Gasteiger partial charge < -0.3 is 5.32 Å². The van der Waals surface area contributed by atoms with Crippen LogP contribution in [0.15, 0.2) is 24.3 Å². The number of hydrogen-bond donors (Lipinski definition) is 1. The molecule has 0 bridgehead atoms. The van der Waals surface area contributed by atoms with Gasteiger partial charge in [0.05, 0.1) is 11.2 Å². The number of hydrogen-bond acceptors (Lipinski definition) is 3. The summed E-state index contributed by atoms with van der Waals surface area (Å²) >= 11 is 1.90. The maximum Gasteiger partial charge on any atom is 0.0841 e. The van der Waals surface area contributed by atoms with Gasteiger partial charge in [-0.3, -0.25) is 4.68 Å². The molecule has 1 unspecified atom stereocenters. The molecule has 0 aliphatic rings. The standard InChI is InChI=1S/C14H21N3S/c1-11(10-18-3)8-15-9-13-12-6-4-5-7-14(12)17(2)16-13/h4-7,11,15H,8-10H2,1-3H3. The molecular formula is C14H21N3S. The van der Waals surface area contributed by atoms with Crippen LogP contribution in [0.25, 0.3) is 10.9 Å². The number of aryl methyl sites for hydroxylation is 1. The Labute approximate surface area is 113 Å². The van der Waals surface area contributed by atoms with Crippen molar-refractivity contribution in [2.24, 2.45) is 13.0 Å². The average Bonchev–Trinajstić information content (AvgIpc) is 2.68. The first-order chi connectivity index (χ1) is 8.72. The maximum absolute atomic E-state index is 4.58. The van der Waals surface area contributed by atoms with Crippen LogP contribution in [0.1, 0.15) is 12.6 Å². The normalized spacial score (nSPS) is 13.1. The summed E-state index contributed by atoms with van der Waals surface area (Å²) in [7, 11) is 2.00. The fourth-order valence-electron chi connectivity index (χ4n) is 2.20. The number of benzene rings is 1. The van der Waals surface area contributed by atoms with E-state index in [0.29, 0.717) is 5.92 Å². The zero-order chi connectivity index (χ0) is 13.0. The minimum atomic E-state index is 0.704. The molecule has 0 aliphatic heterocycles. The van der Waals surface area contributed by atoms with E-state index in [0.717, 1.165) is 18.8 Å². The number of para-hydroxylation sites is 1. The Kier molecular flexibility index (Phi) is 4.66. The van der Waals surface area contributed by atoms with Crippen LogP contribution in [-0.4, -0.2) is 28.3 Å². The van der Waals surface area contributed by atoms with Crippen LogP contribution in [-0.2, 0) is 13.6 Å². The fourth-order valence-corrected chi connectivity index (χ4v) is 2.89. The summed E-state index contributed by atoms with van der Waals surface area (Å²) in [6.45, 7) is 4.17. The predicted molar refractivity (Wildman–Crippen MR) is 80.0 cm³/mol. The first-order valence-corrected chi connectivity index (χ1v) is 7.72. The van der Waals surface area contributed by atoms with Crippen LogP contribution >= 0.6 is 11.8 Å². The summed E-state index contributed by atoms with van der Waals surface area (Å²) in [5, 5.41) is 9.34. The molecular weight excluding hydrogens is 242 g/mol. The third kappa shape index (κ3) is 3.06. The van der Waals surface area contributed by atoms with Gasteiger partial charge in [-0.2, -0.15) is 16.9 Å². The van der Waals surface area contributed by atoms with Crippen LogP contribution in [0, 0.1) is 5.92 Å². The van der Waals surface area contributed by atoms with Gasteiger partial charge in [0.2, 0.25) is 0 Å². The van der Waals surface area contributed by atoms with Gasteiger partial charge >= 0.3 is 0 Å². The third-order valence-corrected chi connectivity index (χ3v) is 3.97. The molecule has 4 heteroatoms. The van der Waals surface area contributed by atoms with Crippen LogP contribution in [0.2, 0.25) is 0 Å². The molecule has 0 saturated heterocycles. The van der Waals surface area contributed by atoms with Crippen molar-refractivity contribution in [3.63, 3.8) is 0 Å². The van der Waals surface area contributed by atoms with E-state index in [1.165, 1.54) is 16.7 Å². The number of aromatic nitrogens is 2. The van der Waals surface area contributed by atoms with Crippen molar-refractivity contribution in [3.05, 3.63) is 30.0 Å². The molecule has 18 heavy (non-hydrogen) atoms. The number of rotatable bonds is 6. The second-order valence-corrected chi connectivity index (χ2v) is 5.69. The number of nitrogens with one attached hydrogen (secondary N) is 1. The first kappa shape index (κ1) is 13.4. The molecule has 1 heterocycles. The number of fused-ring (bicyclic) bond motifs is 1. The lowest BCUT2D eigenvalue weighted by molar-refractivity contribution is 0.552. The minimum absolute atomic E-state index is 0.704.